The van der Waals surface area contributed by atoms with Crippen LogP contribution in [-0.4, -0.2) is 40.0 Å². The Kier molecular flexibility index (Phi) is 7.44. The first-order valence-electron chi connectivity index (χ1n) is 12.1. The smallest absolute Gasteiger partial charge is 0.241 e. The number of carbonyl (C=O) groups is 1. The number of anilines is 1. The number of aryl methyl sites for hydroxylation is 2. The molecular formula is C28H33N5O. The topological polar surface area (TPSA) is 65.2 Å². The third-order valence-electron chi connectivity index (χ3n) is 6.91. The van der Waals surface area contributed by atoms with Crippen LogP contribution < -0.4 is 4.90 Å². The van der Waals surface area contributed by atoms with Crippen molar-refractivity contribution >= 4 is 11.6 Å². The van der Waals surface area contributed by atoms with Crippen LogP contribution in [0.1, 0.15) is 53.8 Å². The molecular weight excluding hydrogens is 422 g/mol. The molecule has 0 aliphatic carbocycles. The van der Waals surface area contributed by atoms with Crippen molar-refractivity contribution in [3.63, 3.8) is 0 Å². The number of aromatic nitrogens is 2. The zero-order valence-corrected chi connectivity index (χ0v) is 20.4. The molecule has 0 radical (unpaired) electrons. The third kappa shape index (κ3) is 5.05. The molecule has 34 heavy (non-hydrogen) atoms. The zero-order chi connectivity index (χ0) is 24.1. The molecule has 0 spiro atoms. The summed E-state index contributed by atoms with van der Waals surface area (Å²) in [7, 11) is 0. The number of hydrogen-bond acceptors (Lipinski definition) is 4. The Morgan fingerprint density at radius 3 is 2.62 bits per heavy atom. The van der Waals surface area contributed by atoms with Gasteiger partial charge in [0.2, 0.25) is 5.91 Å². The second-order valence-corrected chi connectivity index (χ2v) is 9.13. The lowest BCUT2D eigenvalue weighted by molar-refractivity contribution is -0.122. The van der Waals surface area contributed by atoms with E-state index in [1.807, 2.05) is 53.8 Å². The monoisotopic (exact) mass is 455 g/mol. The van der Waals surface area contributed by atoms with Gasteiger partial charge in [0.1, 0.15) is 0 Å². The highest BCUT2D eigenvalue weighted by molar-refractivity contribution is 5.96. The van der Waals surface area contributed by atoms with Crippen LogP contribution in [0, 0.1) is 25.2 Å². The van der Waals surface area contributed by atoms with Crippen molar-refractivity contribution in [2.45, 2.75) is 52.6 Å². The number of nitriles is 1. The molecule has 0 bridgehead atoms. The Bertz CT molecular complexity index is 1170. The van der Waals surface area contributed by atoms with E-state index in [1.165, 1.54) is 5.56 Å². The van der Waals surface area contributed by atoms with E-state index in [2.05, 4.69) is 47.4 Å². The van der Waals surface area contributed by atoms with Crippen molar-refractivity contribution in [3.8, 4) is 6.07 Å². The van der Waals surface area contributed by atoms with Crippen LogP contribution in [0.2, 0.25) is 0 Å². The van der Waals surface area contributed by atoms with Gasteiger partial charge in [-0.2, -0.15) is 5.26 Å². The van der Waals surface area contributed by atoms with E-state index in [0.29, 0.717) is 18.7 Å². The number of amides is 1. The summed E-state index contributed by atoms with van der Waals surface area (Å²) in [6, 6.07) is 16.2. The third-order valence-corrected chi connectivity index (χ3v) is 6.91. The molecule has 0 saturated carbocycles. The zero-order valence-electron chi connectivity index (χ0n) is 20.4. The maximum atomic E-state index is 13.4. The van der Waals surface area contributed by atoms with Crippen LogP contribution in [0.15, 0.2) is 55.0 Å². The summed E-state index contributed by atoms with van der Waals surface area (Å²) < 4.78 is 2.24. The van der Waals surface area contributed by atoms with Gasteiger partial charge in [0.05, 0.1) is 36.2 Å². The van der Waals surface area contributed by atoms with Gasteiger partial charge in [-0.3, -0.25) is 9.69 Å². The van der Waals surface area contributed by atoms with Crippen molar-refractivity contribution in [3.05, 3.63) is 82.9 Å². The molecule has 4 rings (SSSR count). The Morgan fingerprint density at radius 1 is 1.12 bits per heavy atom. The SMILES string of the molecule is CCCCn1cncc1C(Cc1ccc(C#N)cc1)N1CCN(c2cccc(C)c2C)C(=O)C1. The van der Waals surface area contributed by atoms with Gasteiger partial charge in [-0.25, -0.2) is 4.98 Å². The number of carbonyl (C=O) groups excluding carboxylic acids is 1. The standard InChI is InChI=1S/C28H33N5O/c1-4-5-13-32-20-30-18-27(32)26(16-23-9-11-24(17-29)12-10-23)31-14-15-33(28(34)19-31)25-8-6-7-21(2)22(25)3/h6-12,18,20,26H,4-5,13-16,19H2,1-3H3. The summed E-state index contributed by atoms with van der Waals surface area (Å²) in [6.07, 6.45) is 6.83. The normalized spacial score (nSPS) is 15.4. The van der Waals surface area contributed by atoms with Gasteiger partial charge in [0.25, 0.3) is 0 Å². The average Bonchev–Trinajstić information content (AvgIpc) is 3.32. The molecule has 0 N–H and O–H groups in total. The first-order valence-corrected chi connectivity index (χ1v) is 12.1. The minimum atomic E-state index is 0.0389. The number of nitrogens with zero attached hydrogens (tertiary/aromatic N) is 5. The molecule has 1 aromatic heterocycles. The van der Waals surface area contributed by atoms with E-state index in [-0.39, 0.29) is 11.9 Å². The number of benzene rings is 2. The maximum Gasteiger partial charge on any atom is 0.241 e. The molecule has 2 heterocycles. The predicted octanol–water partition coefficient (Wildman–Crippen LogP) is 4.80. The maximum absolute atomic E-state index is 13.4. The van der Waals surface area contributed by atoms with E-state index in [4.69, 9.17) is 5.26 Å². The quantitative estimate of drug-likeness (QED) is 0.489. The molecule has 1 saturated heterocycles. The minimum absolute atomic E-state index is 0.0389. The summed E-state index contributed by atoms with van der Waals surface area (Å²) in [5.41, 5.74) is 6.33. The van der Waals surface area contributed by atoms with E-state index < -0.39 is 0 Å². The molecule has 1 unspecified atom stereocenters. The van der Waals surface area contributed by atoms with E-state index in [1.54, 1.807) is 0 Å². The van der Waals surface area contributed by atoms with Crippen molar-refractivity contribution in [1.82, 2.24) is 14.5 Å². The lowest BCUT2D eigenvalue weighted by atomic mass is 9.99. The second-order valence-electron chi connectivity index (χ2n) is 9.13. The highest BCUT2D eigenvalue weighted by atomic mass is 16.2. The van der Waals surface area contributed by atoms with Crippen LogP contribution in [0.4, 0.5) is 5.69 Å². The van der Waals surface area contributed by atoms with Crippen molar-refractivity contribution in [2.24, 2.45) is 0 Å². The minimum Gasteiger partial charge on any atom is -0.333 e. The number of piperazine rings is 1. The fourth-order valence-electron chi connectivity index (χ4n) is 4.72. The second kappa shape index (κ2) is 10.7. The number of imidazole rings is 1. The van der Waals surface area contributed by atoms with E-state index in [9.17, 15) is 4.79 Å². The molecule has 1 amide bonds. The fraction of sp³-hybridized carbons (Fsp3) is 0.393. The largest absolute Gasteiger partial charge is 0.333 e. The van der Waals surface area contributed by atoms with Gasteiger partial charge in [0, 0.05) is 31.5 Å². The molecule has 6 nitrogen and oxygen atoms in total. The fourth-order valence-corrected chi connectivity index (χ4v) is 4.72. The molecule has 2 aromatic carbocycles. The molecule has 176 valence electrons. The highest BCUT2D eigenvalue weighted by Crippen LogP contribution is 2.30. The predicted molar refractivity (Wildman–Crippen MR) is 135 cm³/mol. The first kappa shape index (κ1) is 23.7. The molecule has 1 aliphatic heterocycles. The Labute approximate surface area is 202 Å². The molecule has 1 fully saturated rings. The van der Waals surface area contributed by atoms with Gasteiger partial charge < -0.3 is 9.47 Å². The van der Waals surface area contributed by atoms with Gasteiger partial charge in [-0.15, -0.1) is 0 Å². The Hall–Kier alpha value is -3.43. The van der Waals surface area contributed by atoms with Crippen LogP contribution in [0.25, 0.3) is 0 Å². The van der Waals surface area contributed by atoms with Crippen LogP contribution in [0.5, 0.6) is 0 Å². The van der Waals surface area contributed by atoms with Gasteiger partial charge in [-0.05, 0) is 61.6 Å². The van der Waals surface area contributed by atoms with E-state index >= 15 is 0 Å². The summed E-state index contributed by atoms with van der Waals surface area (Å²) in [6.45, 7) is 9.11. The lowest BCUT2D eigenvalue weighted by Crippen LogP contribution is -2.52. The van der Waals surface area contributed by atoms with Gasteiger partial charge in [-0.1, -0.05) is 37.6 Å². The summed E-state index contributed by atoms with van der Waals surface area (Å²) in [5.74, 6) is 0.129. The summed E-state index contributed by atoms with van der Waals surface area (Å²) in [4.78, 5) is 22.1. The van der Waals surface area contributed by atoms with Crippen LogP contribution in [0.3, 0.4) is 0 Å². The molecule has 1 atom stereocenters. The highest BCUT2D eigenvalue weighted by Gasteiger charge is 2.32. The van der Waals surface area contributed by atoms with Crippen molar-refractivity contribution in [2.75, 3.05) is 24.5 Å². The number of rotatable bonds is 8. The van der Waals surface area contributed by atoms with Crippen molar-refractivity contribution < 1.29 is 4.79 Å². The Balaban J connectivity index is 1.60. The first-order chi connectivity index (χ1) is 16.5. The summed E-state index contributed by atoms with van der Waals surface area (Å²) in [5, 5.41) is 9.16. The van der Waals surface area contributed by atoms with Crippen molar-refractivity contribution in [1.29, 1.82) is 5.26 Å². The van der Waals surface area contributed by atoms with Crippen LogP contribution >= 0.6 is 0 Å². The summed E-state index contributed by atoms with van der Waals surface area (Å²) >= 11 is 0. The number of hydrogen-bond donors (Lipinski definition) is 0. The lowest BCUT2D eigenvalue weighted by Gasteiger charge is -2.39. The molecule has 3 aromatic rings. The molecule has 1 aliphatic rings. The van der Waals surface area contributed by atoms with Crippen LogP contribution in [-0.2, 0) is 17.8 Å². The van der Waals surface area contributed by atoms with Gasteiger partial charge in [0.15, 0.2) is 0 Å². The average molecular weight is 456 g/mol. The number of unbranched alkanes of at least 4 members (excludes halogenated alkanes) is 1. The molecule has 6 heteroatoms. The Morgan fingerprint density at radius 2 is 1.91 bits per heavy atom. The van der Waals surface area contributed by atoms with E-state index in [0.717, 1.165) is 54.9 Å². The van der Waals surface area contributed by atoms with Gasteiger partial charge >= 0.3 is 0 Å².